The summed E-state index contributed by atoms with van der Waals surface area (Å²) in [4.78, 5) is 8.93. The fourth-order valence-corrected chi connectivity index (χ4v) is 3.00. The van der Waals surface area contributed by atoms with Crippen molar-refractivity contribution in [2.75, 3.05) is 0 Å². The first-order valence-electron chi connectivity index (χ1n) is 8.46. The maximum atomic E-state index is 6.01. The third kappa shape index (κ3) is 3.24. The topological polar surface area (TPSA) is 49.6 Å². The van der Waals surface area contributed by atoms with Gasteiger partial charge in [0.1, 0.15) is 5.71 Å². The van der Waals surface area contributed by atoms with Gasteiger partial charge in [-0.25, -0.2) is 4.99 Å². The van der Waals surface area contributed by atoms with Crippen LogP contribution in [0.3, 0.4) is 0 Å². The smallest absolute Gasteiger partial charge is 0.154 e. The molecule has 0 atom stereocenters. The van der Waals surface area contributed by atoms with Gasteiger partial charge in [0.05, 0.1) is 5.69 Å². The molecule has 128 valence electrons. The molecule has 26 heavy (non-hydrogen) atoms. The summed E-state index contributed by atoms with van der Waals surface area (Å²) in [6.07, 6.45) is 4.50. The highest BCUT2D eigenvalue weighted by Crippen LogP contribution is 2.27. The number of pyridine rings is 1. The zero-order chi connectivity index (χ0) is 17.9. The van der Waals surface area contributed by atoms with Crippen molar-refractivity contribution in [2.45, 2.75) is 13.3 Å². The van der Waals surface area contributed by atoms with E-state index in [9.17, 15) is 0 Å². The molecule has 1 N–H and O–H groups in total. The molecule has 0 saturated heterocycles. The Labute approximate surface area is 157 Å². The van der Waals surface area contributed by atoms with E-state index in [0.29, 0.717) is 10.9 Å². The molecule has 4 rings (SSSR count). The van der Waals surface area contributed by atoms with Crippen LogP contribution in [0.15, 0.2) is 77.1 Å². The van der Waals surface area contributed by atoms with Crippen LogP contribution in [-0.2, 0) is 6.42 Å². The third-order valence-electron chi connectivity index (χ3n) is 4.30. The van der Waals surface area contributed by atoms with E-state index < -0.39 is 0 Å². The SMILES string of the molecule is CCc1ccc2c(c1)C(c1ccncc1)=NNC(c1ccc(Cl)cc1)=N2. The summed E-state index contributed by atoms with van der Waals surface area (Å²) in [6.45, 7) is 2.14. The van der Waals surface area contributed by atoms with Gasteiger partial charge in [-0.3, -0.25) is 10.4 Å². The molecule has 1 aliphatic heterocycles. The molecular formula is C21H17ClN4. The van der Waals surface area contributed by atoms with E-state index in [-0.39, 0.29) is 0 Å². The van der Waals surface area contributed by atoms with Crippen molar-refractivity contribution < 1.29 is 0 Å². The highest BCUT2D eigenvalue weighted by Gasteiger charge is 2.17. The van der Waals surface area contributed by atoms with Crippen LogP contribution in [0, 0.1) is 0 Å². The Bertz CT molecular complexity index is 992. The minimum absolute atomic E-state index is 0.691. The summed E-state index contributed by atoms with van der Waals surface area (Å²) in [5.74, 6) is 0.691. The molecule has 0 amide bonds. The second-order valence-electron chi connectivity index (χ2n) is 5.98. The summed E-state index contributed by atoms with van der Waals surface area (Å²) in [5.41, 5.74) is 9.04. The molecule has 0 radical (unpaired) electrons. The van der Waals surface area contributed by atoms with Crippen molar-refractivity contribution in [1.82, 2.24) is 10.4 Å². The van der Waals surface area contributed by atoms with Gasteiger partial charge in [-0.15, -0.1) is 0 Å². The van der Waals surface area contributed by atoms with Crippen LogP contribution in [0.4, 0.5) is 5.69 Å². The van der Waals surface area contributed by atoms with E-state index in [0.717, 1.165) is 34.5 Å². The highest BCUT2D eigenvalue weighted by atomic mass is 35.5. The lowest BCUT2D eigenvalue weighted by atomic mass is 9.98. The van der Waals surface area contributed by atoms with Gasteiger partial charge in [0.25, 0.3) is 0 Å². The maximum Gasteiger partial charge on any atom is 0.154 e. The van der Waals surface area contributed by atoms with Gasteiger partial charge >= 0.3 is 0 Å². The summed E-state index contributed by atoms with van der Waals surface area (Å²) in [7, 11) is 0. The average Bonchev–Trinajstić information content (AvgIpc) is 2.88. The van der Waals surface area contributed by atoms with E-state index >= 15 is 0 Å². The number of benzene rings is 2. The number of aromatic nitrogens is 1. The molecule has 0 spiro atoms. The summed E-state index contributed by atoms with van der Waals surface area (Å²) >= 11 is 6.01. The molecule has 2 heterocycles. The quantitative estimate of drug-likeness (QED) is 0.734. The Morgan fingerprint density at radius 2 is 1.69 bits per heavy atom. The Balaban J connectivity index is 1.87. The second kappa shape index (κ2) is 7.10. The summed E-state index contributed by atoms with van der Waals surface area (Å²) in [5, 5.41) is 5.36. The number of hydrogen-bond acceptors (Lipinski definition) is 4. The normalized spacial score (nSPS) is 13.2. The van der Waals surface area contributed by atoms with Gasteiger partial charge in [-0.1, -0.05) is 24.6 Å². The predicted molar refractivity (Wildman–Crippen MR) is 106 cm³/mol. The Morgan fingerprint density at radius 1 is 0.923 bits per heavy atom. The van der Waals surface area contributed by atoms with E-state index in [2.05, 4.69) is 34.6 Å². The van der Waals surface area contributed by atoms with Crippen molar-refractivity contribution in [2.24, 2.45) is 10.1 Å². The number of nitrogens with zero attached hydrogens (tertiary/aromatic N) is 3. The second-order valence-corrected chi connectivity index (χ2v) is 6.42. The van der Waals surface area contributed by atoms with Crippen LogP contribution >= 0.6 is 11.6 Å². The van der Waals surface area contributed by atoms with Crippen LogP contribution in [-0.4, -0.2) is 16.5 Å². The van der Waals surface area contributed by atoms with Crippen molar-refractivity contribution >= 4 is 28.8 Å². The summed E-state index contributed by atoms with van der Waals surface area (Å²) in [6, 6.07) is 17.8. The lowest BCUT2D eigenvalue weighted by Crippen LogP contribution is -2.19. The first-order chi connectivity index (χ1) is 12.7. The summed E-state index contributed by atoms with van der Waals surface area (Å²) < 4.78 is 0. The number of hydrogen-bond donors (Lipinski definition) is 1. The Kier molecular flexibility index (Phi) is 4.50. The first-order valence-corrected chi connectivity index (χ1v) is 8.84. The van der Waals surface area contributed by atoms with Gasteiger partial charge in [-0.2, -0.15) is 5.10 Å². The van der Waals surface area contributed by atoms with Crippen LogP contribution in [0.1, 0.15) is 29.2 Å². The lowest BCUT2D eigenvalue weighted by molar-refractivity contribution is 1.03. The molecule has 4 nitrogen and oxygen atoms in total. The van der Waals surface area contributed by atoms with Gasteiger partial charge in [0, 0.05) is 34.1 Å². The maximum absolute atomic E-state index is 6.01. The monoisotopic (exact) mass is 360 g/mol. The van der Waals surface area contributed by atoms with E-state index in [4.69, 9.17) is 16.6 Å². The molecule has 0 aliphatic carbocycles. The van der Waals surface area contributed by atoms with Gasteiger partial charge in [0.15, 0.2) is 5.84 Å². The van der Waals surface area contributed by atoms with Crippen LogP contribution in [0.5, 0.6) is 0 Å². The number of fused-ring (bicyclic) bond motifs is 1. The Hall–Kier alpha value is -2.98. The van der Waals surface area contributed by atoms with Crippen LogP contribution < -0.4 is 5.43 Å². The highest BCUT2D eigenvalue weighted by molar-refractivity contribution is 6.30. The minimum Gasteiger partial charge on any atom is -0.265 e. The first kappa shape index (κ1) is 16.5. The zero-order valence-electron chi connectivity index (χ0n) is 14.3. The van der Waals surface area contributed by atoms with Gasteiger partial charge < -0.3 is 0 Å². The standard InChI is InChI=1S/C21H17ClN4/c1-2-14-3-8-19-18(13-14)20(15-9-11-23-12-10-15)25-26-21(24-19)16-4-6-17(22)7-5-16/h3-13H,2H2,1H3,(H,24,26). The fraction of sp³-hybridized carbons (Fsp3) is 0.0952. The number of rotatable bonds is 3. The molecule has 5 heteroatoms. The number of halogens is 1. The number of hydrazone groups is 1. The number of aryl methyl sites for hydroxylation is 1. The van der Waals surface area contributed by atoms with Crippen molar-refractivity contribution in [1.29, 1.82) is 0 Å². The van der Waals surface area contributed by atoms with Crippen LogP contribution in [0.25, 0.3) is 0 Å². The van der Waals surface area contributed by atoms with Gasteiger partial charge in [-0.05, 0) is 60.5 Å². The number of amidine groups is 1. The van der Waals surface area contributed by atoms with Gasteiger partial charge in [0.2, 0.25) is 0 Å². The van der Waals surface area contributed by atoms with E-state index in [1.165, 1.54) is 5.56 Å². The molecule has 0 fully saturated rings. The average molecular weight is 361 g/mol. The molecule has 0 saturated carbocycles. The fourth-order valence-electron chi connectivity index (χ4n) is 2.87. The van der Waals surface area contributed by atoms with Crippen LogP contribution in [0.2, 0.25) is 5.02 Å². The Morgan fingerprint density at radius 3 is 2.42 bits per heavy atom. The molecule has 0 bridgehead atoms. The van der Waals surface area contributed by atoms with E-state index in [1.807, 2.05) is 42.5 Å². The van der Waals surface area contributed by atoms with Crippen molar-refractivity contribution in [3.63, 3.8) is 0 Å². The lowest BCUT2D eigenvalue weighted by Gasteiger charge is -2.09. The number of aliphatic imine (C=N–C) groups is 1. The molecule has 0 unspecified atom stereocenters. The van der Waals surface area contributed by atoms with Crippen molar-refractivity contribution in [3.05, 3.63) is 94.3 Å². The number of nitrogens with one attached hydrogen (secondary N) is 1. The molecule has 2 aromatic carbocycles. The predicted octanol–water partition coefficient (Wildman–Crippen LogP) is 4.73. The molecule has 1 aromatic heterocycles. The van der Waals surface area contributed by atoms with E-state index in [1.54, 1.807) is 12.4 Å². The van der Waals surface area contributed by atoms with Crippen molar-refractivity contribution in [3.8, 4) is 0 Å². The minimum atomic E-state index is 0.691. The molecule has 1 aliphatic rings. The zero-order valence-corrected chi connectivity index (χ0v) is 15.0. The third-order valence-corrected chi connectivity index (χ3v) is 4.55. The largest absolute Gasteiger partial charge is 0.265 e. The molecular weight excluding hydrogens is 344 g/mol. The molecule has 3 aromatic rings.